The molecule has 1 fully saturated rings. The first kappa shape index (κ1) is 13.1. The van der Waals surface area contributed by atoms with Gasteiger partial charge in [0.25, 0.3) is 0 Å². The topological polar surface area (TPSA) is 34.1 Å². The number of sulfone groups is 1. The van der Waals surface area contributed by atoms with Crippen LogP contribution in [0.15, 0.2) is 18.2 Å². The van der Waals surface area contributed by atoms with Gasteiger partial charge in [-0.1, -0.05) is 23.7 Å². The van der Waals surface area contributed by atoms with Gasteiger partial charge in [-0.3, -0.25) is 0 Å². The largest absolute Gasteiger partial charge is 0.229 e. The van der Waals surface area contributed by atoms with E-state index in [0.29, 0.717) is 6.42 Å². The van der Waals surface area contributed by atoms with Gasteiger partial charge in [0.15, 0.2) is 9.84 Å². The fourth-order valence-electron chi connectivity index (χ4n) is 2.04. The van der Waals surface area contributed by atoms with Gasteiger partial charge in [-0.25, -0.2) is 12.8 Å². The molecule has 0 N–H and O–H groups in total. The third-order valence-corrected chi connectivity index (χ3v) is 5.64. The van der Waals surface area contributed by atoms with Crippen LogP contribution >= 0.6 is 23.2 Å². The van der Waals surface area contributed by atoms with Crippen LogP contribution < -0.4 is 0 Å². The highest BCUT2D eigenvalue weighted by molar-refractivity contribution is 7.91. The molecule has 1 aliphatic heterocycles. The minimum absolute atomic E-state index is 0.00834. The van der Waals surface area contributed by atoms with Gasteiger partial charge >= 0.3 is 0 Å². The van der Waals surface area contributed by atoms with Gasteiger partial charge in [0, 0.05) is 5.56 Å². The van der Waals surface area contributed by atoms with Crippen LogP contribution in [0.5, 0.6) is 0 Å². The molecule has 17 heavy (non-hydrogen) atoms. The van der Waals surface area contributed by atoms with E-state index in [1.54, 1.807) is 12.1 Å². The van der Waals surface area contributed by atoms with Crippen molar-refractivity contribution in [2.45, 2.75) is 11.8 Å². The molecule has 94 valence electrons. The van der Waals surface area contributed by atoms with E-state index in [2.05, 4.69) is 0 Å². The molecule has 2 rings (SSSR count). The lowest BCUT2D eigenvalue weighted by Crippen LogP contribution is -2.11. The van der Waals surface area contributed by atoms with Crippen molar-refractivity contribution in [3.63, 3.8) is 0 Å². The fourth-order valence-corrected chi connectivity index (χ4v) is 4.55. The highest BCUT2D eigenvalue weighted by Crippen LogP contribution is 2.38. The smallest absolute Gasteiger partial charge is 0.150 e. The highest BCUT2D eigenvalue weighted by Gasteiger charge is 2.34. The summed E-state index contributed by atoms with van der Waals surface area (Å²) in [6, 6.07) is 4.60. The summed E-state index contributed by atoms with van der Waals surface area (Å²) in [4.78, 5) is 0. The molecule has 0 aliphatic carbocycles. The van der Waals surface area contributed by atoms with Gasteiger partial charge in [-0.05, 0) is 18.4 Å². The summed E-state index contributed by atoms with van der Waals surface area (Å²) < 4.78 is 36.4. The van der Waals surface area contributed by atoms with Crippen molar-refractivity contribution in [3.05, 3.63) is 34.6 Å². The first-order chi connectivity index (χ1) is 7.91. The molecule has 1 aromatic rings. The molecular formula is C11H11Cl2FO2S. The molecule has 0 radical (unpaired) electrons. The molecule has 0 aromatic heterocycles. The molecule has 1 aliphatic rings. The number of hydrogen-bond acceptors (Lipinski definition) is 2. The predicted molar refractivity (Wildman–Crippen MR) is 66.8 cm³/mol. The average Bonchev–Trinajstić information content (AvgIpc) is 2.62. The van der Waals surface area contributed by atoms with E-state index in [1.807, 2.05) is 0 Å². The molecule has 2 nitrogen and oxygen atoms in total. The molecule has 0 saturated carbocycles. The van der Waals surface area contributed by atoms with E-state index < -0.39 is 21.0 Å². The van der Waals surface area contributed by atoms with Crippen LogP contribution in [0.3, 0.4) is 0 Å². The standard InChI is InChI=1S/C11H11Cl2FO2S/c12-9-3-1-2-8(11(9)14)10(13)7-4-5-17(15,16)6-7/h1-3,7,10H,4-6H2. The average molecular weight is 297 g/mol. The van der Waals surface area contributed by atoms with E-state index >= 15 is 0 Å². The molecule has 1 saturated heterocycles. The number of rotatable bonds is 2. The van der Waals surface area contributed by atoms with Crippen LogP contribution in [0.25, 0.3) is 0 Å². The molecule has 2 atom stereocenters. The fraction of sp³-hybridized carbons (Fsp3) is 0.455. The summed E-state index contributed by atoms with van der Waals surface area (Å²) in [5.74, 6) is -0.649. The number of hydrogen-bond donors (Lipinski definition) is 0. The quantitative estimate of drug-likeness (QED) is 0.786. The van der Waals surface area contributed by atoms with Crippen LogP contribution in [0.4, 0.5) is 4.39 Å². The van der Waals surface area contributed by atoms with Crippen molar-refractivity contribution in [2.24, 2.45) is 5.92 Å². The Morgan fingerprint density at radius 2 is 2.12 bits per heavy atom. The molecule has 0 amide bonds. The molecule has 1 aromatic carbocycles. The third kappa shape index (κ3) is 2.75. The molecular weight excluding hydrogens is 286 g/mol. The molecule has 0 spiro atoms. The Morgan fingerprint density at radius 1 is 1.41 bits per heavy atom. The summed E-state index contributed by atoms with van der Waals surface area (Å²) in [6.45, 7) is 0. The Hall–Kier alpha value is -0.320. The van der Waals surface area contributed by atoms with E-state index in [-0.39, 0.29) is 28.0 Å². The van der Waals surface area contributed by atoms with Crippen LogP contribution in [-0.4, -0.2) is 19.9 Å². The summed E-state index contributed by atoms with van der Waals surface area (Å²) in [5.41, 5.74) is 0.279. The number of alkyl halides is 1. The van der Waals surface area contributed by atoms with E-state index in [9.17, 15) is 12.8 Å². The van der Waals surface area contributed by atoms with E-state index in [4.69, 9.17) is 23.2 Å². The van der Waals surface area contributed by atoms with Crippen molar-refractivity contribution < 1.29 is 12.8 Å². The summed E-state index contributed by atoms with van der Waals surface area (Å²) >= 11 is 11.8. The Balaban J connectivity index is 2.26. The first-order valence-corrected chi connectivity index (χ1v) is 7.83. The van der Waals surface area contributed by atoms with Crippen molar-refractivity contribution in [3.8, 4) is 0 Å². The Bertz CT molecular complexity index is 530. The Kier molecular flexibility index (Phi) is 3.66. The maximum atomic E-state index is 13.7. The Labute approximate surface area is 110 Å². The van der Waals surface area contributed by atoms with Gasteiger partial charge in [0.1, 0.15) is 5.82 Å². The zero-order valence-electron chi connectivity index (χ0n) is 8.87. The van der Waals surface area contributed by atoms with E-state index in [1.165, 1.54) is 6.07 Å². The van der Waals surface area contributed by atoms with Crippen molar-refractivity contribution in [2.75, 3.05) is 11.5 Å². The maximum absolute atomic E-state index is 13.7. The van der Waals surface area contributed by atoms with Crippen molar-refractivity contribution in [1.29, 1.82) is 0 Å². The first-order valence-electron chi connectivity index (χ1n) is 5.19. The third-order valence-electron chi connectivity index (χ3n) is 2.96. The minimum atomic E-state index is -3.01. The second kappa shape index (κ2) is 4.75. The van der Waals surface area contributed by atoms with Crippen LogP contribution in [0.1, 0.15) is 17.4 Å². The van der Waals surface area contributed by atoms with Crippen LogP contribution in [0.2, 0.25) is 5.02 Å². The SMILES string of the molecule is O=S1(=O)CCC(C(Cl)c2cccc(Cl)c2F)C1. The number of benzene rings is 1. The highest BCUT2D eigenvalue weighted by atomic mass is 35.5. The molecule has 0 bridgehead atoms. The predicted octanol–water partition coefficient (Wildman–Crippen LogP) is 3.19. The summed E-state index contributed by atoms with van der Waals surface area (Å²) in [5, 5.41) is -0.639. The molecule has 2 unspecified atom stereocenters. The summed E-state index contributed by atoms with van der Waals surface area (Å²) in [6.07, 6.45) is 0.475. The second-order valence-electron chi connectivity index (χ2n) is 4.21. The minimum Gasteiger partial charge on any atom is -0.229 e. The van der Waals surface area contributed by atoms with Crippen molar-refractivity contribution >= 4 is 33.0 Å². The lowest BCUT2D eigenvalue weighted by molar-refractivity contribution is 0.536. The maximum Gasteiger partial charge on any atom is 0.150 e. The normalized spacial score (nSPS) is 24.8. The summed E-state index contributed by atoms with van der Waals surface area (Å²) in [7, 11) is -3.01. The second-order valence-corrected chi connectivity index (χ2v) is 7.31. The van der Waals surface area contributed by atoms with Gasteiger partial charge in [0.2, 0.25) is 0 Å². The van der Waals surface area contributed by atoms with E-state index in [0.717, 1.165) is 0 Å². The van der Waals surface area contributed by atoms with Gasteiger partial charge in [-0.2, -0.15) is 0 Å². The zero-order valence-corrected chi connectivity index (χ0v) is 11.2. The Morgan fingerprint density at radius 3 is 2.71 bits per heavy atom. The monoisotopic (exact) mass is 296 g/mol. The van der Waals surface area contributed by atoms with Gasteiger partial charge in [0.05, 0.1) is 21.9 Å². The lowest BCUT2D eigenvalue weighted by Gasteiger charge is -2.16. The lowest BCUT2D eigenvalue weighted by atomic mass is 9.98. The van der Waals surface area contributed by atoms with Crippen LogP contribution in [0, 0.1) is 11.7 Å². The van der Waals surface area contributed by atoms with Crippen LogP contribution in [-0.2, 0) is 9.84 Å². The van der Waals surface area contributed by atoms with Gasteiger partial charge < -0.3 is 0 Å². The molecule has 1 heterocycles. The molecule has 6 heteroatoms. The zero-order chi connectivity index (χ0) is 12.6. The van der Waals surface area contributed by atoms with Gasteiger partial charge in [-0.15, -0.1) is 11.6 Å². The number of halogens is 3. The van der Waals surface area contributed by atoms with Crippen molar-refractivity contribution in [1.82, 2.24) is 0 Å².